The van der Waals surface area contributed by atoms with Crippen LogP contribution in [0.15, 0.2) is 60.7 Å². The summed E-state index contributed by atoms with van der Waals surface area (Å²) in [5.41, 5.74) is 2.73. The minimum absolute atomic E-state index is 0.419. The first-order chi connectivity index (χ1) is 9.90. The topological polar surface area (TPSA) is 12.5 Å². The third kappa shape index (κ3) is 3.69. The molecular formula is C18H21NO. The Bertz CT molecular complexity index is 466. The van der Waals surface area contributed by atoms with Crippen LogP contribution in [0.25, 0.3) is 0 Å². The minimum atomic E-state index is 0.419. The average molecular weight is 267 g/mol. The third-order valence-corrected chi connectivity index (χ3v) is 3.75. The summed E-state index contributed by atoms with van der Waals surface area (Å²) in [6.45, 7) is 3.91. The van der Waals surface area contributed by atoms with Crippen molar-refractivity contribution in [2.45, 2.75) is 25.6 Å². The molecule has 0 aromatic heterocycles. The van der Waals surface area contributed by atoms with Crippen LogP contribution in [0.2, 0.25) is 0 Å². The molecule has 0 N–H and O–H groups in total. The van der Waals surface area contributed by atoms with Gasteiger partial charge in [-0.15, -0.1) is 0 Å². The summed E-state index contributed by atoms with van der Waals surface area (Å²) >= 11 is 0. The Kier molecular flexibility index (Phi) is 4.46. The van der Waals surface area contributed by atoms with Crippen molar-refractivity contribution in [1.29, 1.82) is 0 Å². The van der Waals surface area contributed by atoms with E-state index in [-0.39, 0.29) is 0 Å². The zero-order valence-corrected chi connectivity index (χ0v) is 11.7. The molecule has 1 heterocycles. The van der Waals surface area contributed by atoms with Crippen LogP contribution in [0, 0.1) is 0 Å². The maximum atomic E-state index is 5.59. The molecule has 2 aromatic rings. The Labute approximate surface area is 121 Å². The molecule has 1 unspecified atom stereocenters. The third-order valence-electron chi connectivity index (χ3n) is 3.75. The quantitative estimate of drug-likeness (QED) is 0.794. The van der Waals surface area contributed by atoms with Gasteiger partial charge in [-0.05, 0) is 17.5 Å². The van der Waals surface area contributed by atoms with Crippen LogP contribution in [0.1, 0.15) is 17.5 Å². The largest absolute Gasteiger partial charge is 0.377 e. The Hall–Kier alpha value is -1.64. The second kappa shape index (κ2) is 6.69. The van der Waals surface area contributed by atoms with Crippen LogP contribution in [0.4, 0.5) is 0 Å². The van der Waals surface area contributed by atoms with E-state index in [9.17, 15) is 0 Å². The highest BCUT2D eigenvalue weighted by Crippen LogP contribution is 2.16. The molecule has 0 amide bonds. The van der Waals surface area contributed by atoms with E-state index in [0.717, 1.165) is 26.2 Å². The van der Waals surface area contributed by atoms with E-state index in [2.05, 4.69) is 65.6 Å². The van der Waals surface area contributed by atoms with Gasteiger partial charge >= 0.3 is 0 Å². The standard InChI is InChI=1S/C18H21NO/c1-3-7-16(8-4-1)13-19(15-18-11-12-20-18)14-17-9-5-2-6-10-17/h1-10,18H,11-15H2. The summed E-state index contributed by atoms with van der Waals surface area (Å²) in [6.07, 6.45) is 1.61. The lowest BCUT2D eigenvalue weighted by atomic mass is 10.1. The Balaban J connectivity index is 1.66. The van der Waals surface area contributed by atoms with Crippen LogP contribution in [-0.2, 0) is 17.8 Å². The molecule has 0 bridgehead atoms. The molecule has 0 radical (unpaired) electrons. The number of ether oxygens (including phenoxy) is 1. The maximum Gasteiger partial charge on any atom is 0.0724 e. The lowest BCUT2D eigenvalue weighted by Gasteiger charge is -2.32. The molecule has 2 heteroatoms. The molecule has 3 rings (SSSR count). The van der Waals surface area contributed by atoms with Crippen LogP contribution >= 0.6 is 0 Å². The van der Waals surface area contributed by atoms with Gasteiger partial charge in [0.1, 0.15) is 0 Å². The molecule has 0 spiro atoms. The van der Waals surface area contributed by atoms with Gasteiger partial charge in [0, 0.05) is 26.2 Å². The van der Waals surface area contributed by atoms with Gasteiger partial charge in [-0.2, -0.15) is 0 Å². The summed E-state index contributed by atoms with van der Waals surface area (Å²) in [5, 5.41) is 0. The molecule has 20 heavy (non-hydrogen) atoms. The van der Waals surface area contributed by atoms with E-state index in [1.54, 1.807) is 0 Å². The van der Waals surface area contributed by atoms with E-state index in [4.69, 9.17) is 4.74 Å². The lowest BCUT2D eigenvalue weighted by molar-refractivity contribution is -0.0689. The van der Waals surface area contributed by atoms with Gasteiger partial charge in [0.15, 0.2) is 0 Å². The molecule has 1 aliphatic rings. The molecule has 104 valence electrons. The second-order valence-corrected chi connectivity index (χ2v) is 5.42. The van der Waals surface area contributed by atoms with Crippen LogP contribution in [-0.4, -0.2) is 24.2 Å². The fourth-order valence-electron chi connectivity index (χ4n) is 2.58. The van der Waals surface area contributed by atoms with Crippen molar-refractivity contribution in [1.82, 2.24) is 4.90 Å². The van der Waals surface area contributed by atoms with Crippen molar-refractivity contribution in [3.8, 4) is 0 Å². The fourth-order valence-corrected chi connectivity index (χ4v) is 2.58. The van der Waals surface area contributed by atoms with Crippen LogP contribution < -0.4 is 0 Å². The molecule has 1 aliphatic heterocycles. The van der Waals surface area contributed by atoms with Crippen molar-refractivity contribution < 1.29 is 4.74 Å². The summed E-state index contributed by atoms with van der Waals surface area (Å²) in [7, 11) is 0. The molecule has 1 saturated heterocycles. The van der Waals surface area contributed by atoms with Gasteiger partial charge in [0.05, 0.1) is 6.10 Å². The smallest absolute Gasteiger partial charge is 0.0724 e. The van der Waals surface area contributed by atoms with Crippen LogP contribution in [0.5, 0.6) is 0 Å². The average Bonchev–Trinajstić information content (AvgIpc) is 2.45. The van der Waals surface area contributed by atoms with Gasteiger partial charge in [-0.3, -0.25) is 4.90 Å². The molecule has 1 fully saturated rings. The first kappa shape index (κ1) is 13.3. The highest BCUT2D eigenvalue weighted by Gasteiger charge is 2.21. The SMILES string of the molecule is c1ccc(CN(Cc2ccccc2)CC2CCO2)cc1. The van der Waals surface area contributed by atoms with E-state index < -0.39 is 0 Å². The van der Waals surface area contributed by atoms with Crippen molar-refractivity contribution in [2.24, 2.45) is 0 Å². The predicted octanol–water partition coefficient (Wildman–Crippen LogP) is 3.48. The zero-order chi connectivity index (χ0) is 13.6. The zero-order valence-electron chi connectivity index (χ0n) is 11.7. The Morgan fingerprint density at radius 3 is 1.75 bits per heavy atom. The molecule has 2 nitrogen and oxygen atoms in total. The fraction of sp³-hybridized carbons (Fsp3) is 0.333. The van der Waals surface area contributed by atoms with Gasteiger partial charge in [-0.1, -0.05) is 60.7 Å². The van der Waals surface area contributed by atoms with Gasteiger partial charge in [0.2, 0.25) is 0 Å². The van der Waals surface area contributed by atoms with Gasteiger partial charge in [-0.25, -0.2) is 0 Å². The first-order valence-corrected chi connectivity index (χ1v) is 7.32. The number of hydrogen-bond acceptors (Lipinski definition) is 2. The molecule has 0 saturated carbocycles. The highest BCUT2D eigenvalue weighted by atomic mass is 16.5. The molecule has 2 aromatic carbocycles. The Morgan fingerprint density at radius 2 is 1.35 bits per heavy atom. The molecule has 1 atom stereocenters. The Morgan fingerprint density at radius 1 is 0.850 bits per heavy atom. The van der Waals surface area contributed by atoms with Crippen molar-refractivity contribution in [2.75, 3.05) is 13.2 Å². The predicted molar refractivity (Wildman–Crippen MR) is 81.4 cm³/mol. The maximum absolute atomic E-state index is 5.59. The van der Waals surface area contributed by atoms with Crippen molar-refractivity contribution in [3.63, 3.8) is 0 Å². The van der Waals surface area contributed by atoms with Gasteiger partial charge < -0.3 is 4.74 Å². The number of nitrogens with zero attached hydrogens (tertiary/aromatic N) is 1. The van der Waals surface area contributed by atoms with Gasteiger partial charge in [0.25, 0.3) is 0 Å². The monoisotopic (exact) mass is 267 g/mol. The summed E-state index contributed by atoms with van der Waals surface area (Å²) in [5.74, 6) is 0. The first-order valence-electron chi connectivity index (χ1n) is 7.32. The normalized spacial score (nSPS) is 17.9. The summed E-state index contributed by atoms with van der Waals surface area (Å²) < 4.78 is 5.59. The van der Waals surface area contributed by atoms with Crippen LogP contribution in [0.3, 0.4) is 0 Å². The summed E-state index contributed by atoms with van der Waals surface area (Å²) in [6, 6.07) is 21.3. The molecular weight excluding hydrogens is 246 g/mol. The minimum Gasteiger partial charge on any atom is -0.377 e. The van der Waals surface area contributed by atoms with E-state index in [1.165, 1.54) is 17.5 Å². The van der Waals surface area contributed by atoms with Crippen molar-refractivity contribution >= 4 is 0 Å². The van der Waals surface area contributed by atoms with E-state index in [1.807, 2.05) is 0 Å². The second-order valence-electron chi connectivity index (χ2n) is 5.42. The van der Waals surface area contributed by atoms with Crippen molar-refractivity contribution in [3.05, 3.63) is 71.8 Å². The lowest BCUT2D eigenvalue weighted by Crippen LogP contribution is -2.39. The number of rotatable bonds is 6. The van der Waals surface area contributed by atoms with E-state index >= 15 is 0 Å². The summed E-state index contributed by atoms with van der Waals surface area (Å²) in [4.78, 5) is 2.48. The molecule has 0 aliphatic carbocycles. The highest BCUT2D eigenvalue weighted by molar-refractivity contribution is 5.17. The van der Waals surface area contributed by atoms with E-state index in [0.29, 0.717) is 6.10 Å². The number of hydrogen-bond donors (Lipinski definition) is 0. The number of benzene rings is 2.